The second-order valence-electron chi connectivity index (χ2n) is 4.78. The number of rotatable bonds is 4. The number of benzene rings is 1. The SMILES string of the molecule is CCC1(NS(=O)(=O)c2ccc(N)cc2Br)CCC1. The molecule has 1 aliphatic rings. The molecule has 0 saturated heterocycles. The van der Waals surface area contributed by atoms with E-state index in [4.69, 9.17) is 5.73 Å². The summed E-state index contributed by atoms with van der Waals surface area (Å²) in [6, 6.07) is 4.73. The number of halogens is 1. The van der Waals surface area contributed by atoms with Crippen LogP contribution in [0.1, 0.15) is 32.6 Å². The molecule has 0 aliphatic heterocycles. The third-order valence-electron chi connectivity index (χ3n) is 3.58. The van der Waals surface area contributed by atoms with E-state index in [2.05, 4.69) is 20.7 Å². The summed E-state index contributed by atoms with van der Waals surface area (Å²) in [7, 11) is -3.49. The number of nitrogen functional groups attached to an aromatic ring is 1. The standard InChI is InChI=1S/C12H17BrN2O2S/c1-2-12(6-3-7-12)15-18(16,17)11-5-4-9(14)8-10(11)13/h4-5,8,15H,2-3,6-7,14H2,1H3. The summed E-state index contributed by atoms with van der Waals surface area (Å²) in [5.41, 5.74) is 5.90. The van der Waals surface area contributed by atoms with Crippen molar-refractivity contribution in [2.75, 3.05) is 5.73 Å². The van der Waals surface area contributed by atoms with Crippen LogP contribution in [0.15, 0.2) is 27.6 Å². The van der Waals surface area contributed by atoms with Gasteiger partial charge in [0.2, 0.25) is 10.0 Å². The molecule has 0 atom stereocenters. The van der Waals surface area contributed by atoms with Crippen LogP contribution in [-0.4, -0.2) is 14.0 Å². The highest BCUT2D eigenvalue weighted by Gasteiger charge is 2.39. The lowest BCUT2D eigenvalue weighted by molar-refractivity contribution is 0.214. The molecule has 1 aliphatic carbocycles. The van der Waals surface area contributed by atoms with Crippen molar-refractivity contribution in [1.29, 1.82) is 0 Å². The maximum Gasteiger partial charge on any atom is 0.242 e. The topological polar surface area (TPSA) is 72.2 Å². The number of nitrogens with two attached hydrogens (primary N) is 1. The van der Waals surface area contributed by atoms with E-state index >= 15 is 0 Å². The Balaban J connectivity index is 2.31. The molecule has 6 heteroatoms. The maximum absolute atomic E-state index is 12.3. The van der Waals surface area contributed by atoms with E-state index in [0.717, 1.165) is 25.7 Å². The fourth-order valence-corrected chi connectivity index (χ4v) is 4.83. The van der Waals surface area contributed by atoms with E-state index < -0.39 is 10.0 Å². The lowest BCUT2D eigenvalue weighted by Gasteiger charge is -2.41. The van der Waals surface area contributed by atoms with Gasteiger partial charge in [-0.3, -0.25) is 0 Å². The second kappa shape index (κ2) is 4.83. The second-order valence-corrected chi connectivity index (χ2v) is 7.29. The average molecular weight is 333 g/mol. The van der Waals surface area contributed by atoms with Crippen molar-refractivity contribution in [1.82, 2.24) is 4.72 Å². The minimum atomic E-state index is -3.49. The van der Waals surface area contributed by atoms with Crippen LogP contribution in [0.25, 0.3) is 0 Å². The van der Waals surface area contributed by atoms with Gasteiger partial charge in [-0.15, -0.1) is 0 Å². The minimum absolute atomic E-state index is 0.247. The molecule has 1 saturated carbocycles. The van der Waals surface area contributed by atoms with E-state index in [-0.39, 0.29) is 10.4 Å². The molecule has 18 heavy (non-hydrogen) atoms. The van der Waals surface area contributed by atoms with Crippen molar-refractivity contribution in [2.45, 2.75) is 43.0 Å². The quantitative estimate of drug-likeness (QED) is 0.832. The van der Waals surface area contributed by atoms with Crippen LogP contribution in [0.4, 0.5) is 5.69 Å². The van der Waals surface area contributed by atoms with Crippen LogP contribution in [0.5, 0.6) is 0 Å². The van der Waals surface area contributed by atoms with Gasteiger partial charge in [-0.25, -0.2) is 13.1 Å². The zero-order valence-electron chi connectivity index (χ0n) is 10.2. The maximum atomic E-state index is 12.3. The van der Waals surface area contributed by atoms with E-state index in [1.54, 1.807) is 12.1 Å². The molecule has 1 aromatic carbocycles. The monoisotopic (exact) mass is 332 g/mol. The first-order valence-corrected chi connectivity index (χ1v) is 8.25. The number of sulfonamides is 1. The van der Waals surface area contributed by atoms with Crippen LogP contribution in [0.2, 0.25) is 0 Å². The summed E-state index contributed by atoms with van der Waals surface area (Å²) in [5, 5.41) is 0. The fourth-order valence-electron chi connectivity index (χ4n) is 2.21. The molecule has 0 heterocycles. The third kappa shape index (κ3) is 2.55. The smallest absolute Gasteiger partial charge is 0.242 e. The van der Waals surface area contributed by atoms with Crippen molar-refractivity contribution in [2.24, 2.45) is 0 Å². The lowest BCUT2D eigenvalue weighted by Crippen LogP contribution is -2.52. The van der Waals surface area contributed by atoms with Crippen LogP contribution >= 0.6 is 15.9 Å². The van der Waals surface area contributed by atoms with Gasteiger partial charge in [0.15, 0.2) is 0 Å². The van der Waals surface area contributed by atoms with Gasteiger partial charge in [-0.1, -0.05) is 6.92 Å². The Kier molecular flexibility index (Phi) is 3.71. The van der Waals surface area contributed by atoms with Gasteiger partial charge in [-0.05, 0) is 59.8 Å². The largest absolute Gasteiger partial charge is 0.399 e. The summed E-state index contributed by atoms with van der Waals surface area (Å²) in [6.07, 6.45) is 3.72. The van der Waals surface area contributed by atoms with Gasteiger partial charge in [0.1, 0.15) is 0 Å². The zero-order valence-corrected chi connectivity index (χ0v) is 12.6. The Hall–Kier alpha value is -0.590. The highest BCUT2D eigenvalue weighted by atomic mass is 79.9. The number of hydrogen-bond acceptors (Lipinski definition) is 3. The Morgan fingerprint density at radius 2 is 2.11 bits per heavy atom. The molecule has 3 N–H and O–H groups in total. The van der Waals surface area contributed by atoms with Gasteiger partial charge in [0.05, 0.1) is 4.90 Å². The van der Waals surface area contributed by atoms with E-state index in [9.17, 15) is 8.42 Å². The van der Waals surface area contributed by atoms with Gasteiger partial charge < -0.3 is 5.73 Å². The molecule has 0 spiro atoms. The van der Waals surface area contributed by atoms with Gasteiger partial charge in [-0.2, -0.15) is 0 Å². The fraction of sp³-hybridized carbons (Fsp3) is 0.500. The van der Waals surface area contributed by atoms with Crippen molar-refractivity contribution in [3.05, 3.63) is 22.7 Å². The minimum Gasteiger partial charge on any atom is -0.399 e. The van der Waals surface area contributed by atoms with Crippen LogP contribution in [0.3, 0.4) is 0 Å². The summed E-state index contributed by atoms with van der Waals surface area (Å²) in [5.74, 6) is 0. The molecule has 0 aromatic heterocycles. The van der Waals surface area contributed by atoms with Crippen LogP contribution in [-0.2, 0) is 10.0 Å². The first-order valence-electron chi connectivity index (χ1n) is 5.98. The Labute approximate surface area is 116 Å². The lowest BCUT2D eigenvalue weighted by atomic mass is 9.76. The molecule has 0 bridgehead atoms. The summed E-state index contributed by atoms with van der Waals surface area (Å²) in [6.45, 7) is 2.01. The summed E-state index contributed by atoms with van der Waals surface area (Å²) >= 11 is 3.25. The molecule has 0 amide bonds. The number of nitrogens with one attached hydrogen (secondary N) is 1. The first-order chi connectivity index (χ1) is 8.38. The van der Waals surface area contributed by atoms with E-state index in [1.807, 2.05) is 6.92 Å². The normalized spacial score (nSPS) is 18.3. The first kappa shape index (κ1) is 13.8. The third-order valence-corrected chi connectivity index (χ3v) is 6.14. The number of hydrogen-bond donors (Lipinski definition) is 2. The van der Waals surface area contributed by atoms with Gasteiger partial charge >= 0.3 is 0 Å². The highest BCUT2D eigenvalue weighted by molar-refractivity contribution is 9.10. The van der Waals surface area contributed by atoms with Crippen molar-refractivity contribution in [3.63, 3.8) is 0 Å². The highest BCUT2D eigenvalue weighted by Crippen LogP contribution is 2.36. The Morgan fingerprint density at radius 3 is 2.56 bits per heavy atom. The molecular weight excluding hydrogens is 316 g/mol. The van der Waals surface area contributed by atoms with E-state index in [0.29, 0.717) is 10.2 Å². The summed E-state index contributed by atoms with van der Waals surface area (Å²) in [4.78, 5) is 0.247. The molecule has 1 fully saturated rings. The van der Waals surface area contributed by atoms with E-state index in [1.165, 1.54) is 6.07 Å². The van der Waals surface area contributed by atoms with Gasteiger partial charge in [0.25, 0.3) is 0 Å². The van der Waals surface area contributed by atoms with Crippen LogP contribution in [0, 0.1) is 0 Å². The average Bonchev–Trinajstić information content (AvgIpc) is 2.23. The zero-order chi connectivity index (χ0) is 13.4. The predicted octanol–water partition coefficient (Wildman–Crippen LogP) is 2.64. The predicted molar refractivity (Wildman–Crippen MR) is 75.7 cm³/mol. The molecule has 4 nitrogen and oxygen atoms in total. The Morgan fingerprint density at radius 1 is 1.44 bits per heavy atom. The summed E-state index contributed by atoms with van der Waals surface area (Å²) < 4.78 is 28.0. The van der Waals surface area contributed by atoms with Crippen LogP contribution < -0.4 is 10.5 Å². The van der Waals surface area contributed by atoms with Crippen molar-refractivity contribution in [3.8, 4) is 0 Å². The van der Waals surface area contributed by atoms with Crippen molar-refractivity contribution < 1.29 is 8.42 Å². The molecule has 2 rings (SSSR count). The molecule has 0 unspecified atom stereocenters. The Bertz CT molecular complexity index is 548. The van der Waals surface area contributed by atoms with Gasteiger partial charge in [0, 0.05) is 15.7 Å². The molecule has 1 aromatic rings. The molecule has 0 radical (unpaired) electrons. The number of anilines is 1. The molecular formula is C12H17BrN2O2S. The van der Waals surface area contributed by atoms with Crippen molar-refractivity contribution >= 4 is 31.6 Å². The molecule has 100 valence electrons.